The predicted octanol–water partition coefficient (Wildman–Crippen LogP) is 3.11. The molecular weight excluding hydrogens is 370 g/mol. The highest BCUT2D eigenvalue weighted by Gasteiger charge is 2.32. The van der Waals surface area contributed by atoms with Gasteiger partial charge in [-0.05, 0) is 58.9 Å². The van der Waals surface area contributed by atoms with Crippen LogP contribution >= 0.6 is 0 Å². The fourth-order valence-electron chi connectivity index (χ4n) is 4.47. The first-order chi connectivity index (χ1) is 13.8. The van der Waals surface area contributed by atoms with E-state index in [0.29, 0.717) is 35.6 Å². The number of aryl methyl sites for hydroxylation is 1. The average molecular weight is 404 g/mol. The number of aromatic nitrogens is 1. The van der Waals surface area contributed by atoms with Crippen molar-refractivity contribution in [1.82, 2.24) is 15.2 Å². The van der Waals surface area contributed by atoms with Crippen molar-refractivity contribution in [3.63, 3.8) is 0 Å². The minimum absolute atomic E-state index is 0.0648. The van der Waals surface area contributed by atoms with E-state index in [9.17, 15) is 14.4 Å². The van der Waals surface area contributed by atoms with Gasteiger partial charge in [-0.3, -0.25) is 9.59 Å². The summed E-state index contributed by atoms with van der Waals surface area (Å²) in [6.45, 7) is 8.17. The molecule has 2 fully saturated rings. The number of hydrogen-bond acceptors (Lipinski definition) is 4. The smallest absolute Gasteiger partial charge is 0.340 e. The number of nitrogens with zero attached hydrogens (tertiary/aromatic N) is 1. The zero-order valence-corrected chi connectivity index (χ0v) is 18.0. The Morgan fingerprint density at radius 3 is 2.45 bits per heavy atom. The van der Waals surface area contributed by atoms with E-state index in [0.717, 1.165) is 25.7 Å². The summed E-state index contributed by atoms with van der Waals surface area (Å²) >= 11 is 0. The molecule has 2 heterocycles. The van der Waals surface area contributed by atoms with Crippen LogP contribution in [0, 0.1) is 19.8 Å². The Morgan fingerprint density at radius 1 is 1.10 bits per heavy atom. The van der Waals surface area contributed by atoms with Crippen molar-refractivity contribution in [2.75, 3.05) is 13.1 Å². The molecule has 1 saturated heterocycles. The van der Waals surface area contributed by atoms with Crippen LogP contribution in [0.5, 0.6) is 0 Å². The summed E-state index contributed by atoms with van der Waals surface area (Å²) in [4.78, 5) is 43.0. The van der Waals surface area contributed by atoms with Gasteiger partial charge in [0.25, 0.3) is 5.91 Å². The predicted molar refractivity (Wildman–Crippen MR) is 110 cm³/mol. The zero-order valence-electron chi connectivity index (χ0n) is 18.0. The van der Waals surface area contributed by atoms with Crippen LogP contribution in [0.15, 0.2) is 0 Å². The van der Waals surface area contributed by atoms with Crippen molar-refractivity contribution in [3.05, 3.63) is 22.5 Å². The molecule has 2 N–H and O–H groups in total. The summed E-state index contributed by atoms with van der Waals surface area (Å²) in [5.41, 5.74) is 2.07. The summed E-state index contributed by atoms with van der Waals surface area (Å²) in [6.07, 6.45) is 5.83. The SMILES string of the molecule is Cc1[nH]c(C(=O)N2CCC[C@@H](C(=O)NC3CCCC3)C2)c(C)c1C(=O)OC(C)C. The highest BCUT2D eigenvalue weighted by molar-refractivity contribution is 6.00. The first-order valence-corrected chi connectivity index (χ1v) is 10.8. The van der Waals surface area contributed by atoms with Gasteiger partial charge in [-0.25, -0.2) is 4.79 Å². The number of carbonyl (C=O) groups is 3. The second kappa shape index (κ2) is 9.01. The van der Waals surface area contributed by atoms with Gasteiger partial charge in [0, 0.05) is 24.8 Å². The molecule has 3 rings (SSSR count). The molecule has 1 saturated carbocycles. The van der Waals surface area contributed by atoms with Gasteiger partial charge in [-0.1, -0.05) is 12.8 Å². The third-order valence-corrected chi connectivity index (χ3v) is 5.98. The molecule has 2 aliphatic rings. The molecule has 1 atom stereocenters. The Balaban J connectivity index is 1.69. The molecule has 0 spiro atoms. The summed E-state index contributed by atoms with van der Waals surface area (Å²) < 4.78 is 5.31. The number of likely N-dealkylation sites (tertiary alicyclic amines) is 1. The average Bonchev–Trinajstić information content (AvgIpc) is 3.28. The molecule has 1 aromatic heterocycles. The van der Waals surface area contributed by atoms with Gasteiger partial charge in [0.2, 0.25) is 5.91 Å². The van der Waals surface area contributed by atoms with E-state index in [1.165, 1.54) is 12.8 Å². The fraction of sp³-hybridized carbons (Fsp3) is 0.682. The first-order valence-electron chi connectivity index (χ1n) is 10.8. The highest BCUT2D eigenvalue weighted by atomic mass is 16.5. The lowest BCUT2D eigenvalue weighted by Gasteiger charge is -2.32. The number of amides is 2. The van der Waals surface area contributed by atoms with Crippen LogP contribution in [0.3, 0.4) is 0 Å². The number of nitrogens with one attached hydrogen (secondary N) is 2. The normalized spacial score (nSPS) is 20.2. The number of piperidine rings is 1. The standard InChI is InChI=1S/C22H33N3O4/c1-13(2)29-22(28)18-14(3)19(23-15(18)4)21(27)25-11-7-8-16(12-25)20(26)24-17-9-5-6-10-17/h13,16-17,23H,5-12H2,1-4H3,(H,24,26)/t16-/m1/s1. The van der Waals surface area contributed by atoms with Crippen molar-refractivity contribution in [3.8, 4) is 0 Å². The maximum atomic E-state index is 13.2. The van der Waals surface area contributed by atoms with Crippen LogP contribution in [0.2, 0.25) is 0 Å². The first kappa shape index (κ1) is 21.4. The number of hydrogen-bond donors (Lipinski definition) is 2. The molecule has 7 nitrogen and oxygen atoms in total. The van der Waals surface area contributed by atoms with Crippen molar-refractivity contribution < 1.29 is 19.1 Å². The van der Waals surface area contributed by atoms with E-state index < -0.39 is 5.97 Å². The molecule has 1 aliphatic heterocycles. The quantitative estimate of drug-likeness (QED) is 0.739. The van der Waals surface area contributed by atoms with Crippen LogP contribution in [-0.2, 0) is 9.53 Å². The van der Waals surface area contributed by atoms with Crippen LogP contribution in [-0.4, -0.2) is 52.9 Å². The Labute approximate surface area is 172 Å². The van der Waals surface area contributed by atoms with Crippen molar-refractivity contribution in [2.45, 2.75) is 78.4 Å². The monoisotopic (exact) mass is 403 g/mol. The van der Waals surface area contributed by atoms with Gasteiger partial charge in [-0.15, -0.1) is 0 Å². The van der Waals surface area contributed by atoms with Gasteiger partial charge in [0.15, 0.2) is 0 Å². The molecule has 160 valence electrons. The number of rotatable bonds is 5. The van der Waals surface area contributed by atoms with Gasteiger partial charge in [0.05, 0.1) is 17.6 Å². The number of carbonyl (C=O) groups excluding carboxylic acids is 3. The van der Waals surface area contributed by atoms with Gasteiger partial charge < -0.3 is 19.9 Å². The molecule has 1 aliphatic carbocycles. The minimum Gasteiger partial charge on any atom is -0.459 e. The second-order valence-corrected chi connectivity index (χ2v) is 8.66. The number of aromatic amines is 1. The van der Waals surface area contributed by atoms with E-state index in [2.05, 4.69) is 10.3 Å². The van der Waals surface area contributed by atoms with Crippen LogP contribution in [0.1, 0.15) is 84.5 Å². The Hall–Kier alpha value is -2.31. The maximum absolute atomic E-state index is 13.2. The largest absolute Gasteiger partial charge is 0.459 e. The summed E-state index contributed by atoms with van der Waals surface area (Å²) in [5, 5.41) is 3.16. The zero-order chi connectivity index (χ0) is 21.1. The molecule has 0 unspecified atom stereocenters. The van der Waals surface area contributed by atoms with E-state index in [1.807, 2.05) is 0 Å². The molecule has 2 amide bonds. The molecule has 0 aromatic carbocycles. The van der Waals surface area contributed by atoms with Gasteiger partial charge >= 0.3 is 5.97 Å². The lowest BCUT2D eigenvalue weighted by Crippen LogP contribution is -2.47. The number of H-pyrrole nitrogens is 1. The third kappa shape index (κ3) is 4.82. The van der Waals surface area contributed by atoms with Gasteiger partial charge in [0.1, 0.15) is 5.69 Å². The topological polar surface area (TPSA) is 91.5 Å². The lowest BCUT2D eigenvalue weighted by molar-refractivity contribution is -0.127. The van der Waals surface area contributed by atoms with Gasteiger partial charge in [-0.2, -0.15) is 0 Å². The molecule has 29 heavy (non-hydrogen) atoms. The van der Waals surface area contributed by atoms with Crippen molar-refractivity contribution in [1.29, 1.82) is 0 Å². The third-order valence-electron chi connectivity index (χ3n) is 5.98. The summed E-state index contributed by atoms with van der Waals surface area (Å²) in [6, 6.07) is 0.288. The Bertz CT molecular complexity index is 777. The summed E-state index contributed by atoms with van der Waals surface area (Å²) in [5.74, 6) is -0.685. The van der Waals surface area contributed by atoms with E-state index in [1.54, 1.807) is 32.6 Å². The molecule has 7 heteroatoms. The minimum atomic E-state index is -0.419. The molecule has 0 bridgehead atoms. The summed E-state index contributed by atoms with van der Waals surface area (Å²) in [7, 11) is 0. The molecular formula is C22H33N3O4. The number of esters is 1. The van der Waals surface area contributed by atoms with E-state index in [-0.39, 0.29) is 29.9 Å². The number of ether oxygens (including phenoxy) is 1. The molecule has 0 radical (unpaired) electrons. The van der Waals surface area contributed by atoms with Crippen LogP contribution in [0.4, 0.5) is 0 Å². The fourth-order valence-corrected chi connectivity index (χ4v) is 4.47. The maximum Gasteiger partial charge on any atom is 0.340 e. The van der Waals surface area contributed by atoms with Crippen molar-refractivity contribution in [2.24, 2.45) is 5.92 Å². The second-order valence-electron chi connectivity index (χ2n) is 8.66. The van der Waals surface area contributed by atoms with E-state index in [4.69, 9.17) is 4.74 Å². The van der Waals surface area contributed by atoms with E-state index >= 15 is 0 Å². The van der Waals surface area contributed by atoms with Crippen molar-refractivity contribution >= 4 is 17.8 Å². The molecule has 1 aromatic rings. The lowest BCUT2D eigenvalue weighted by atomic mass is 9.96. The Kier molecular flexibility index (Phi) is 6.65. The highest BCUT2D eigenvalue weighted by Crippen LogP contribution is 2.25. The van der Waals surface area contributed by atoms with Crippen LogP contribution < -0.4 is 5.32 Å². The van der Waals surface area contributed by atoms with Crippen LogP contribution in [0.25, 0.3) is 0 Å². The Morgan fingerprint density at radius 2 is 1.79 bits per heavy atom.